The zero-order chi connectivity index (χ0) is 19.7. The Morgan fingerprint density at radius 3 is 1.96 bits per heavy atom. The number of carbonyl (C=O) groups is 5. The van der Waals surface area contributed by atoms with E-state index in [1.807, 2.05) is 0 Å². The predicted molar refractivity (Wildman–Crippen MR) is 85.0 cm³/mol. The second-order valence-corrected chi connectivity index (χ2v) is 5.84. The van der Waals surface area contributed by atoms with Gasteiger partial charge in [-0.05, 0) is 12.3 Å². The maximum atomic E-state index is 12.2. The number of hydrogen-bond donors (Lipinski definition) is 6. The van der Waals surface area contributed by atoms with Gasteiger partial charge in [-0.25, -0.2) is 4.79 Å². The van der Waals surface area contributed by atoms with E-state index in [4.69, 9.17) is 21.7 Å². The molecular weight excluding hydrogens is 336 g/mol. The van der Waals surface area contributed by atoms with Gasteiger partial charge < -0.3 is 32.3 Å². The molecule has 0 radical (unpaired) electrons. The fourth-order valence-electron chi connectivity index (χ4n) is 1.86. The van der Waals surface area contributed by atoms with Gasteiger partial charge in [0, 0.05) is 6.42 Å². The van der Waals surface area contributed by atoms with Crippen LogP contribution in [-0.4, -0.2) is 58.0 Å². The number of hydrogen-bond acceptors (Lipinski definition) is 6. The Kier molecular flexibility index (Phi) is 9.13. The van der Waals surface area contributed by atoms with Gasteiger partial charge in [0.1, 0.15) is 12.1 Å². The molecule has 0 rings (SSSR count). The fourth-order valence-corrected chi connectivity index (χ4v) is 1.86. The number of aliphatic carboxylic acids is 2. The summed E-state index contributed by atoms with van der Waals surface area (Å²) in [4.78, 5) is 56.6. The minimum absolute atomic E-state index is 0.00956. The van der Waals surface area contributed by atoms with Crippen molar-refractivity contribution in [2.45, 2.75) is 51.2 Å². The smallest absolute Gasteiger partial charge is 0.326 e. The van der Waals surface area contributed by atoms with Crippen LogP contribution in [0.2, 0.25) is 0 Å². The summed E-state index contributed by atoms with van der Waals surface area (Å²) < 4.78 is 0. The van der Waals surface area contributed by atoms with Crippen LogP contribution < -0.4 is 22.1 Å². The number of nitrogens with two attached hydrogens (primary N) is 2. The second-order valence-electron chi connectivity index (χ2n) is 5.84. The molecule has 0 saturated carbocycles. The molecule has 0 aromatic heterocycles. The molecule has 0 aliphatic heterocycles. The average molecular weight is 360 g/mol. The summed E-state index contributed by atoms with van der Waals surface area (Å²) in [5.41, 5.74) is 10.6. The number of primary amides is 1. The first-order chi connectivity index (χ1) is 11.5. The Morgan fingerprint density at radius 2 is 1.56 bits per heavy atom. The fraction of sp³-hybridized carbons (Fsp3) is 0.643. The molecule has 0 saturated heterocycles. The summed E-state index contributed by atoms with van der Waals surface area (Å²) in [6, 6.07) is -3.83. The predicted octanol–water partition coefficient (Wildman–Crippen LogP) is -2.24. The standard InChI is InChI=1S/C14H24N4O7/c1-6(2)11(18-12(22)7(15)3-4-9(16)19)13(23)17-8(14(24)25)5-10(20)21/h6-8,11H,3-5,15H2,1-2H3,(H2,16,19)(H,17,23)(H,18,22)(H,20,21)(H,24,25). The number of rotatable bonds is 11. The van der Waals surface area contributed by atoms with Crippen molar-refractivity contribution in [3.8, 4) is 0 Å². The number of nitrogens with one attached hydrogen (secondary N) is 2. The molecule has 0 fully saturated rings. The maximum Gasteiger partial charge on any atom is 0.326 e. The van der Waals surface area contributed by atoms with E-state index in [0.717, 1.165) is 0 Å². The molecule has 0 aromatic rings. The number of carboxylic acids is 2. The highest BCUT2D eigenvalue weighted by Gasteiger charge is 2.30. The summed E-state index contributed by atoms with van der Waals surface area (Å²) in [5, 5.41) is 22.1. The average Bonchev–Trinajstić information content (AvgIpc) is 2.47. The molecule has 0 aliphatic rings. The van der Waals surface area contributed by atoms with Crippen LogP contribution in [0.5, 0.6) is 0 Å². The summed E-state index contributed by atoms with van der Waals surface area (Å²) >= 11 is 0. The number of carbonyl (C=O) groups excluding carboxylic acids is 3. The molecule has 0 bridgehead atoms. The maximum absolute atomic E-state index is 12.2. The Bertz CT molecular complexity index is 535. The summed E-state index contributed by atoms with van der Waals surface area (Å²) in [7, 11) is 0. The first-order valence-corrected chi connectivity index (χ1v) is 7.54. The van der Waals surface area contributed by atoms with E-state index in [9.17, 15) is 24.0 Å². The van der Waals surface area contributed by atoms with Gasteiger partial charge >= 0.3 is 11.9 Å². The zero-order valence-electron chi connectivity index (χ0n) is 14.0. The normalized spacial score (nSPS) is 14.2. The SMILES string of the molecule is CC(C)C(NC(=O)C(N)CCC(N)=O)C(=O)NC(CC(=O)O)C(=O)O. The van der Waals surface area contributed by atoms with Crippen molar-refractivity contribution in [2.24, 2.45) is 17.4 Å². The Balaban J connectivity index is 4.94. The first-order valence-electron chi connectivity index (χ1n) is 7.54. The molecule has 3 unspecified atom stereocenters. The van der Waals surface area contributed by atoms with Crippen LogP contribution >= 0.6 is 0 Å². The van der Waals surface area contributed by atoms with E-state index in [2.05, 4.69) is 10.6 Å². The van der Waals surface area contributed by atoms with Crippen molar-refractivity contribution in [2.75, 3.05) is 0 Å². The minimum Gasteiger partial charge on any atom is -0.481 e. The molecule has 0 heterocycles. The second kappa shape index (κ2) is 10.2. The molecular formula is C14H24N4O7. The molecule has 0 aromatic carbocycles. The van der Waals surface area contributed by atoms with Crippen molar-refractivity contribution in [1.29, 1.82) is 0 Å². The lowest BCUT2D eigenvalue weighted by Gasteiger charge is -2.25. The third-order valence-corrected chi connectivity index (χ3v) is 3.28. The Labute approximate surface area is 144 Å². The lowest BCUT2D eigenvalue weighted by atomic mass is 10.0. The van der Waals surface area contributed by atoms with E-state index in [0.29, 0.717) is 0 Å². The van der Waals surface area contributed by atoms with Crippen LogP contribution in [0.25, 0.3) is 0 Å². The molecule has 11 heteroatoms. The first kappa shape index (κ1) is 22.3. The summed E-state index contributed by atoms with van der Waals surface area (Å²) in [6.07, 6.45) is -0.921. The van der Waals surface area contributed by atoms with Crippen LogP contribution in [-0.2, 0) is 24.0 Å². The van der Waals surface area contributed by atoms with Gasteiger partial charge in [-0.3, -0.25) is 19.2 Å². The molecule has 0 spiro atoms. The van der Waals surface area contributed by atoms with E-state index in [1.165, 1.54) is 0 Å². The number of carboxylic acid groups (broad SMARTS) is 2. The van der Waals surface area contributed by atoms with Crippen LogP contribution in [0.4, 0.5) is 0 Å². The molecule has 0 aliphatic carbocycles. The minimum atomic E-state index is -1.63. The summed E-state index contributed by atoms with van der Waals surface area (Å²) in [6.45, 7) is 3.21. The third-order valence-electron chi connectivity index (χ3n) is 3.28. The van der Waals surface area contributed by atoms with Crippen molar-refractivity contribution >= 4 is 29.7 Å². The van der Waals surface area contributed by atoms with Crippen molar-refractivity contribution < 1.29 is 34.2 Å². The highest BCUT2D eigenvalue weighted by molar-refractivity contribution is 5.93. The van der Waals surface area contributed by atoms with Crippen molar-refractivity contribution in [3.63, 3.8) is 0 Å². The van der Waals surface area contributed by atoms with Gasteiger partial charge in [-0.1, -0.05) is 13.8 Å². The van der Waals surface area contributed by atoms with E-state index in [1.54, 1.807) is 13.8 Å². The van der Waals surface area contributed by atoms with Crippen LogP contribution in [0.3, 0.4) is 0 Å². The van der Waals surface area contributed by atoms with Gasteiger partial charge in [0.05, 0.1) is 12.5 Å². The lowest BCUT2D eigenvalue weighted by Crippen LogP contribution is -2.56. The van der Waals surface area contributed by atoms with Gasteiger partial charge in [0.25, 0.3) is 0 Å². The van der Waals surface area contributed by atoms with Crippen LogP contribution in [0.1, 0.15) is 33.1 Å². The Morgan fingerprint density at radius 1 is 1.00 bits per heavy atom. The van der Waals surface area contributed by atoms with Gasteiger partial charge in [0.2, 0.25) is 17.7 Å². The molecule has 3 atom stereocenters. The molecule has 3 amide bonds. The Hall–Kier alpha value is -2.69. The van der Waals surface area contributed by atoms with Crippen LogP contribution in [0.15, 0.2) is 0 Å². The van der Waals surface area contributed by atoms with E-state index < -0.39 is 60.1 Å². The highest BCUT2D eigenvalue weighted by atomic mass is 16.4. The lowest BCUT2D eigenvalue weighted by molar-refractivity contribution is -0.147. The van der Waals surface area contributed by atoms with Gasteiger partial charge in [0.15, 0.2) is 0 Å². The summed E-state index contributed by atoms with van der Waals surface area (Å²) in [5.74, 6) is -5.51. The molecule has 11 nitrogen and oxygen atoms in total. The highest BCUT2D eigenvalue weighted by Crippen LogP contribution is 2.05. The topological polar surface area (TPSA) is 202 Å². The van der Waals surface area contributed by atoms with Crippen LogP contribution in [0, 0.1) is 5.92 Å². The van der Waals surface area contributed by atoms with E-state index in [-0.39, 0.29) is 12.8 Å². The largest absolute Gasteiger partial charge is 0.481 e. The monoisotopic (exact) mass is 360 g/mol. The zero-order valence-corrected chi connectivity index (χ0v) is 14.0. The van der Waals surface area contributed by atoms with Crippen molar-refractivity contribution in [1.82, 2.24) is 10.6 Å². The molecule has 142 valence electrons. The third kappa shape index (κ3) is 8.65. The molecule has 25 heavy (non-hydrogen) atoms. The van der Waals surface area contributed by atoms with E-state index >= 15 is 0 Å². The number of amides is 3. The molecule has 8 N–H and O–H groups in total. The quantitative estimate of drug-likeness (QED) is 0.237. The van der Waals surface area contributed by atoms with Gasteiger partial charge in [-0.15, -0.1) is 0 Å². The van der Waals surface area contributed by atoms with Gasteiger partial charge in [-0.2, -0.15) is 0 Å². The van der Waals surface area contributed by atoms with Crippen molar-refractivity contribution in [3.05, 3.63) is 0 Å².